The molecule has 0 aliphatic rings. The maximum atomic E-state index is 10.3. The van der Waals surface area contributed by atoms with Crippen molar-refractivity contribution in [3.8, 4) is 0 Å². The van der Waals surface area contributed by atoms with E-state index in [1.54, 1.807) is 0 Å². The lowest BCUT2D eigenvalue weighted by atomic mass is 10.4. The molecule has 0 aliphatic heterocycles. The first-order chi connectivity index (χ1) is 5.40. The zero-order valence-corrected chi connectivity index (χ0v) is 7.95. The predicted octanol–water partition coefficient (Wildman–Crippen LogP) is -2.21. The molecule has 0 aromatic rings. The molecule has 0 aromatic carbocycles. The van der Waals surface area contributed by atoms with Crippen LogP contribution < -0.4 is 0 Å². The van der Waals surface area contributed by atoms with Gasteiger partial charge in [0, 0.05) is 0 Å². The van der Waals surface area contributed by atoms with Crippen molar-refractivity contribution >= 4 is 20.2 Å². The second-order valence-electron chi connectivity index (χ2n) is 2.40. The molecule has 2 atom stereocenters. The third-order valence-electron chi connectivity index (χ3n) is 1.26. The van der Waals surface area contributed by atoms with E-state index in [1.165, 1.54) is 0 Å². The molecule has 0 amide bonds. The Bertz CT molecular complexity index is 374. The van der Waals surface area contributed by atoms with Gasteiger partial charge >= 0.3 is 0 Å². The topological polar surface area (TPSA) is 149 Å². The summed E-state index contributed by atoms with van der Waals surface area (Å²) in [7, 11) is -10.4. The molecule has 13 heavy (non-hydrogen) atoms. The smallest absolute Gasteiger partial charge is 0.298 e. The number of rotatable bonds is 3. The second kappa shape index (κ2) is 3.15. The van der Waals surface area contributed by atoms with Crippen molar-refractivity contribution in [1.82, 2.24) is 0 Å². The highest BCUT2D eigenvalue weighted by Crippen LogP contribution is 2.20. The fourth-order valence-electron chi connectivity index (χ4n) is 0.404. The third-order valence-corrected chi connectivity index (χ3v) is 3.70. The minimum absolute atomic E-state index is 0.320. The van der Waals surface area contributed by atoms with Crippen molar-refractivity contribution < 1.29 is 36.2 Å². The third kappa shape index (κ3) is 2.59. The van der Waals surface area contributed by atoms with Crippen molar-refractivity contribution in [2.24, 2.45) is 0 Å². The normalized spacial score (nSPS) is 20.7. The van der Waals surface area contributed by atoms with Gasteiger partial charge in [0.05, 0.1) is 0 Å². The number of aliphatic hydroxyl groups excluding tert-OH is 1. The van der Waals surface area contributed by atoms with E-state index in [1.807, 2.05) is 0 Å². The van der Waals surface area contributed by atoms with Gasteiger partial charge in [0.1, 0.15) is 0 Å². The summed E-state index contributed by atoms with van der Waals surface area (Å²) < 4.78 is 57.4. The van der Waals surface area contributed by atoms with Crippen molar-refractivity contribution in [2.75, 3.05) is 0 Å². The van der Waals surface area contributed by atoms with Gasteiger partial charge in [-0.3, -0.25) is 9.11 Å². The van der Waals surface area contributed by atoms with Gasteiger partial charge < -0.3 is 10.2 Å². The van der Waals surface area contributed by atoms with E-state index in [-0.39, 0.29) is 0 Å². The largest absolute Gasteiger partial charge is 0.372 e. The maximum Gasteiger partial charge on any atom is 0.298 e. The summed E-state index contributed by atoms with van der Waals surface area (Å²) in [6.45, 7) is 0.320. The monoisotopic (exact) mass is 236 g/mol. The highest BCUT2D eigenvalue weighted by atomic mass is 32.2. The van der Waals surface area contributed by atoms with E-state index in [9.17, 15) is 16.8 Å². The summed E-state index contributed by atoms with van der Waals surface area (Å²) in [6, 6.07) is 0. The molecule has 0 saturated heterocycles. The van der Waals surface area contributed by atoms with Gasteiger partial charge in [-0.2, -0.15) is 16.8 Å². The Kier molecular flexibility index (Phi) is 3.09. The molecule has 0 bridgehead atoms. The van der Waals surface area contributed by atoms with Crippen LogP contribution in [0.5, 0.6) is 0 Å². The van der Waals surface area contributed by atoms with Crippen LogP contribution in [-0.2, 0) is 20.2 Å². The van der Waals surface area contributed by atoms with Crippen LogP contribution in [0, 0.1) is 0 Å². The van der Waals surface area contributed by atoms with E-state index in [2.05, 4.69) is 0 Å². The second-order valence-corrected chi connectivity index (χ2v) is 5.65. The lowest BCUT2D eigenvalue weighted by molar-refractivity contribution is 0.0333. The van der Waals surface area contributed by atoms with Gasteiger partial charge in [-0.15, -0.1) is 0 Å². The minimum Gasteiger partial charge on any atom is -0.372 e. The molecule has 0 aromatic heterocycles. The first-order valence-corrected chi connectivity index (χ1v) is 5.69. The molecule has 4 N–H and O–H groups in total. The zero-order valence-electron chi connectivity index (χ0n) is 6.32. The molecule has 0 saturated carbocycles. The van der Waals surface area contributed by atoms with Crippen LogP contribution >= 0.6 is 0 Å². The lowest BCUT2D eigenvalue weighted by Crippen LogP contribution is -2.50. The number of hydrogen-bond acceptors (Lipinski definition) is 6. The summed E-state index contributed by atoms with van der Waals surface area (Å²) >= 11 is 0. The van der Waals surface area contributed by atoms with Crippen molar-refractivity contribution in [3.63, 3.8) is 0 Å². The minimum atomic E-state index is -5.22. The molecule has 10 heteroatoms. The van der Waals surface area contributed by atoms with E-state index in [0.29, 0.717) is 6.92 Å². The van der Waals surface area contributed by atoms with Gasteiger partial charge in [-0.25, -0.2) is 0 Å². The van der Waals surface area contributed by atoms with Crippen LogP contribution in [0.2, 0.25) is 0 Å². The van der Waals surface area contributed by atoms with Crippen LogP contribution in [0.4, 0.5) is 0 Å². The van der Waals surface area contributed by atoms with Gasteiger partial charge in [0.25, 0.3) is 20.2 Å². The van der Waals surface area contributed by atoms with E-state index in [4.69, 9.17) is 19.3 Å². The Morgan fingerprint density at radius 1 is 1.15 bits per heavy atom. The quantitative estimate of drug-likeness (QED) is 0.403. The molecule has 0 heterocycles. The molecule has 0 rings (SSSR count). The fraction of sp³-hybridized carbons (Fsp3) is 1.00. The lowest BCUT2D eigenvalue weighted by Gasteiger charge is -2.22. The molecule has 0 spiro atoms. The van der Waals surface area contributed by atoms with Crippen LogP contribution in [0.15, 0.2) is 0 Å². The summed E-state index contributed by atoms with van der Waals surface area (Å²) in [5, 5.41) is 17.4. The van der Waals surface area contributed by atoms with E-state index < -0.39 is 30.6 Å². The predicted molar refractivity (Wildman–Crippen MR) is 39.7 cm³/mol. The number of aliphatic hydroxyl groups is 2. The van der Waals surface area contributed by atoms with Gasteiger partial charge in [0.2, 0.25) is 10.4 Å². The highest BCUT2D eigenvalue weighted by molar-refractivity contribution is 7.90. The summed E-state index contributed by atoms with van der Waals surface area (Å²) in [5.74, 6) is 0. The number of hydrogen-bond donors (Lipinski definition) is 4. The molecule has 0 radical (unpaired) electrons. The SMILES string of the molecule is CC(O)(C(O)S(=O)(=O)O)S(=O)(=O)O. The standard InChI is InChI=1S/C3H8O8S2/c1-3(5,13(9,10)11)2(4)12(6,7)8/h2,4-5H,1H3,(H,6,7,8)(H,9,10,11). The van der Waals surface area contributed by atoms with Crippen LogP contribution in [0.1, 0.15) is 6.92 Å². The zero-order chi connectivity index (χ0) is 11.1. The molecule has 0 fully saturated rings. The average molecular weight is 236 g/mol. The summed E-state index contributed by atoms with van der Waals surface area (Å²) in [6.07, 6.45) is 0. The average Bonchev–Trinajstić information content (AvgIpc) is 1.81. The highest BCUT2D eigenvalue weighted by Gasteiger charge is 2.49. The molecule has 80 valence electrons. The first-order valence-electron chi connectivity index (χ1n) is 2.74. The Hall–Kier alpha value is -0.260. The van der Waals surface area contributed by atoms with Crippen LogP contribution in [0.3, 0.4) is 0 Å². The molecular formula is C3H8O8S2. The van der Waals surface area contributed by atoms with Crippen molar-refractivity contribution in [1.29, 1.82) is 0 Å². The molecule has 8 nitrogen and oxygen atoms in total. The summed E-state index contributed by atoms with van der Waals surface area (Å²) in [5.41, 5.74) is -3.03. The maximum absolute atomic E-state index is 10.3. The molecular weight excluding hydrogens is 228 g/mol. The Morgan fingerprint density at radius 2 is 1.46 bits per heavy atom. The Morgan fingerprint density at radius 3 is 1.54 bits per heavy atom. The fourth-order valence-corrected chi connectivity index (χ4v) is 1.94. The van der Waals surface area contributed by atoms with Crippen molar-refractivity contribution in [3.05, 3.63) is 0 Å². The van der Waals surface area contributed by atoms with Gasteiger partial charge in [0.15, 0.2) is 0 Å². The Balaban J connectivity index is 5.35. The van der Waals surface area contributed by atoms with Crippen LogP contribution in [-0.4, -0.2) is 46.5 Å². The van der Waals surface area contributed by atoms with Gasteiger partial charge in [-0.05, 0) is 6.92 Å². The van der Waals surface area contributed by atoms with E-state index >= 15 is 0 Å². The van der Waals surface area contributed by atoms with Crippen LogP contribution in [0.25, 0.3) is 0 Å². The van der Waals surface area contributed by atoms with Gasteiger partial charge in [-0.1, -0.05) is 0 Å². The molecule has 0 aliphatic carbocycles. The molecule has 2 unspecified atom stereocenters. The summed E-state index contributed by atoms with van der Waals surface area (Å²) in [4.78, 5) is -3.37. The van der Waals surface area contributed by atoms with Crippen molar-refractivity contribution in [2.45, 2.75) is 17.3 Å². The Labute approximate surface area is 74.3 Å². The first kappa shape index (κ1) is 12.7. The van der Waals surface area contributed by atoms with E-state index in [0.717, 1.165) is 0 Å².